The van der Waals surface area contributed by atoms with Crippen molar-refractivity contribution in [1.29, 1.82) is 0 Å². The smallest absolute Gasteiger partial charge is 0.147 e. The Bertz CT molecular complexity index is 287. The van der Waals surface area contributed by atoms with Crippen LogP contribution in [0.5, 0.6) is 0 Å². The van der Waals surface area contributed by atoms with Crippen molar-refractivity contribution in [3.63, 3.8) is 0 Å². The lowest BCUT2D eigenvalue weighted by molar-refractivity contribution is 0.139. The molecule has 1 heterocycles. The molecule has 1 aliphatic heterocycles. The maximum absolute atomic E-state index is 11.0. The first-order chi connectivity index (χ1) is 7.51. The zero-order chi connectivity index (χ0) is 12.0. The monoisotopic (exact) mass is 312 g/mol. The Kier molecular flexibility index (Phi) is 6.25. The van der Waals surface area contributed by atoms with E-state index in [2.05, 4.69) is 25.7 Å². The summed E-state index contributed by atoms with van der Waals surface area (Å²) in [5.41, 5.74) is 0. The predicted molar refractivity (Wildman–Crippen MR) is 71.0 cm³/mol. The van der Waals surface area contributed by atoms with Crippen molar-refractivity contribution < 1.29 is 8.42 Å². The molecule has 0 spiro atoms. The Morgan fingerprint density at radius 3 is 2.00 bits per heavy atom. The first-order valence-electron chi connectivity index (χ1n) is 5.69. The molecule has 0 unspecified atom stereocenters. The van der Waals surface area contributed by atoms with Crippen LogP contribution in [0.25, 0.3) is 0 Å². The SMILES string of the molecule is CS(=O)(=O)CCCN1CCN(CCBr)CC1. The van der Waals surface area contributed by atoms with Crippen molar-refractivity contribution in [3.8, 4) is 0 Å². The van der Waals surface area contributed by atoms with Crippen LogP contribution in [0.2, 0.25) is 0 Å². The van der Waals surface area contributed by atoms with E-state index >= 15 is 0 Å². The molecular formula is C10H21BrN2O2S. The highest BCUT2D eigenvalue weighted by Crippen LogP contribution is 2.03. The van der Waals surface area contributed by atoms with E-state index < -0.39 is 9.84 Å². The third-order valence-corrected chi connectivity index (χ3v) is 4.24. The molecule has 0 amide bonds. The van der Waals surface area contributed by atoms with Gasteiger partial charge in [0.2, 0.25) is 0 Å². The molecule has 6 heteroatoms. The van der Waals surface area contributed by atoms with Crippen molar-refractivity contribution in [2.24, 2.45) is 0 Å². The fourth-order valence-electron chi connectivity index (χ4n) is 1.91. The fraction of sp³-hybridized carbons (Fsp3) is 1.00. The fourth-order valence-corrected chi connectivity index (χ4v) is 3.06. The molecule has 0 aromatic carbocycles. The minimum absolute atomic E-state index is 0.314. The Hall–Kier alpha value is 0.350. The minimum Gasteiger partial charge on any atom is -0.301 e. The van der Waals surface area contributed by atoms with Crippen LogP contribution in [0.15, 0.2) is 0 Å². The second-order valence-corrected chi connectivity index (χ2v) is 7.41. The maximum atomic E-state index is 11.0. The lowest BCUT2D eigenvalue weighted by Gasteiger charge is -2.34. The highest BCUT2D eigenvalue weighted by Gasteiger charge is 2.16. The lowest BCUT2D eigenvalue weighted by Crippen LogP contribution is -2.47. The van der Waals surface area contributed by atoms with E-state index in [9.17, 15) is 8.42 Å². The van der Waals surface area contributed by atoms with Crippen LogP contribution in [0, 0.1) is 0 Å². The number of rotatable bonds is 6. The van der Waals surface area contributed by atoms with Crippen LogP contribution in [0.1, 0.15) is 6.42 Å². The van der Waals surface area contributed by atoms with Crippen molar-refractivity contribution in [1.82, 2.24) is 9.80 Å². The first-order valence-corrected chi connectivity index (χ1v) is 8.88. The standard InChI is InChI=1S/C10H21BrN2O2S/c1-16(14,15)10-2-4-12-6-8-13(5-3-11)9-7-12/h2-10H2,1H3. The highest BCUT2D eigenvalue weighted by molar-refractivity contribution is 9.09. The first kappa shape index (κ1) is 14.4. The summed E-state index contributed by atoms with van der Waals surface area (Å²) in [6.45, 7) is 6.36. The van der Waals surface area contributed by atoms with E-state index in [0.29, 0.717) is 5.75 Å². The number of nitrogens with zero attached hydrogens (tertiary/aromatic N) is 2. The molecule has 0 aromatic rings. The second-order valence-electron chi connectivity index (χ2n) is 4.36. The van der Waals surface area contributed by atoms with Gasteiger partial charge in [0.25, 0.3) is 0 Å². The van der Waals surface area contributed by atoms with Crippen LogP contribution >= 0.6 is 15.9 Å². The molecule has 0 aliphatic carbocycles. The summed E-state index contributed by atoms with van der Waals surface area (Å²) >= 11 is 3.44. The summed E-state index contributed by atoms with van der Waals surface area (Å²) < 4.78 is 22.0. The molecular weight excluding hydrogens is 292 g/mol. The van der Waals surface area contributed by atoms with Gasteiger partial charge in [0.05, 0.1) is 5.75 Å². The second kappa shape index (κ2) is 6.93. The Morgan fingerprint density at radius 2 is 1.56 bits per heavy atom. The van der Waals surface area contributed by atoms with Crippen molar-refractivity contribution in [3.05, 3.63) is 0 Å². The molecule has 4 nitrogen and oxygen atoms in total. The van der Waals surface area contributed by atoms with E-state index in [0.717, 1.165) is 51.0 Å². The third-order valence-electron chi connectivity index (χ3n) is 2.86. The van der Waals surface area contributed by atoms with Gasteiger partial charge in [-0.15, -0.1) is 0 Å². The summed E-state index contributed by atoms with van der Waals surface area (Å²) in [6.07, 6.45) is 2.07. The van der Waals surface area contributed by atoms with Crippen LogP contribution in [-0.2, 0) is 9.84 Å². The molecule has 96 valence electrons. The van der Waals surface area contributed by atoms with Crippen molar-refractivity contribution in [2.75, 3.05) is 56.6 Å². The average molecular weight is 313 g/mol. The average Bonchev–Trinajstić information content (AvgIpc) is 2.19. The van der Waals surface area contributed by atoms with E-state index in [1.165, 1.54) is 6.26 Å². The van der Waals surface area contributed by atoms with Gasteiger partial charge in [0, 0.05) is 44.3 Å². The van der Waals surface area contributed by atoms with Gasteiger partial charge in [0.1, 0.15) is 9.84 Å². The number of hydrogen-bond donors (Lipinski definition) is 0. The molecule has 0 aromatic heterocycles. The third kappa shape index (κ3) is 6.18. The van der Waals surface area contributed by atoms with Gasteiger partial charge >= 0.3 is 0 Å². The van der Waals surface area contributed by atoms with Gasteiger partial charge in [-0.25, -0.2) is 8.42 Å². The maximum Gasteiger partial charge on any atom is 0.147 e. The zero-order valence-electron chi connectivity index (χ0n) is 9.86. The molecule has 1 aliphatic rings. The molecule has 0 saturated carbocycles. The van der Waals surface area contributed by atoms with Gasteiger partial charge < -0.3 is 4.90 Å². The quantitative estimate of drug-likeness (QED) is 0.667. The zero-order valence-corrected chi connectivity index (χ0v) is 12.3. The van der Waals surface area contributed by atoms with Crippen LogP contribution in [0.4, 0.5) is 0 Å². The van der Waals surface area contributed by atoms with E-state index in [1.54, 1.807) is 0 Å². The van der Waals surface area contributed by atoms with Crippen LogP contribution < -0.4 is 0 Å². The largest absolute Gasteiger partial charge is 0.301 e. The number of alkyl halides is 1. The van der Waals surface area contributed by atoms with Gasteiger partial charge in [-0.3, -0.25) is 4.90 Å². The van der Waals surface area contributed by atoms with Crippen LogP contribution in [0.3, 0.4) is 0 Å². The molecule has 1 rings (SSSR count). The van der Waals surface area contributed by atoms with E-state index in [4.69, 9.17) is 0 Å². The topological polar surface area (TPSA) is 40.6 Å². The molecule has 0 bridgehead atoms. The van der Waals surface area contributed by atoms with Crippen molar-refractivity contribution in [2.45, 2.75) is 6.42 Å². The Labute approximate surface area is 107 Å². The number of sulfone groups is 1. The summed E-state index contributed by atoms with van der Waals surface area (Å²) in [4.78, 5) is 4.79. The Balaban J connectivity index is 2.13. The van der Waals surface area contributed by atoms with Gasteiger partial charge in [-0.1, -0.05) is 15.9 Å². The lowest BCUT2D eigenvalue weighted by atomic mass is 10.3. The van der Waals surface area contributed by atoms with Gasteiger partial charge in [0.15, 0.2) is 0 Å². The molecule has 0 N–H and O–H groups in total. The summed E-state index contributed by atoms with van der Waals surface area (Å²) in [7, 11) is -2.79. The highest BCUT2D eigenvalue weighted by atomic mass is 79.9. The molecule has 0 atom stereocenters. The predicted octanol–water partition coefficient (Wildman–Crippen LogP) is 0.434. The van der Waals surface area contributed by atoms with Crippen molar-refractivity contribution >= 4 is 25.8 Å². The summed E-state index contributed by atoms with van der Waals surface area (Å²) in [5, 5.41) is 1.03. The molecule has 1 saturated heterocycles. The Morgan fingerprint density at radius 1 is 1.06 bits per heavy atom. The van der Waals surface area contributed by atoms with Gasteiger partial charge in [-0.05, 0) is 13.0 Å². The summed E-state index contributed by atoms with van der Waals surface area (Å²) in [5.74, 6) is 0.314. The summed E-state index contributed by atoms with van der Waals surface area (Å²) in [6, 6.07) is 0. The molecule has 0 radical (unpaired) electrons. The number of hydrogen-bond acceptors (Lipinski definition) is 4. The normalized spacial score (nSPS) is 20.1. The minimum atomic E-state index is -2.79. The van der Waals surface area contributed by atoms with E-state index in [1.807, 2.05) is 0 Å². The number of piperazine rings is 1. The van der Waals surface area contributed by atoms with Gasteiger partial charge in [-0.2, -0.15) is 0 Å². The van der Waals surface area contributed by atoms with Crippen LogP contribution in [-0.4, -0.2) is 74.8 Å². The van der Waals surface area contributed by atoms with E-state index in [-0.39, 0.29) is 0 Å². The molecule has 1 fully saturated rings. The molecule has 16 heavy (non-hydrogen) atoms. The number of halogens is 1.